The molecule has 1 aromatic heterocycles. The molecule has 0 bridgehead atoms. The average Bonchev–Trinajstić information content (AvgIpc) is 3.98. The van der Waals surface area contributed by atoms with Gasteiger partial charge in [-0.2, -0.15) is 0 Å². The van der Waals surface area contributed by atoms with E-state index in [0.717, 1.165) is 25.2 Å². The number of epoxide rings is 1. The number of aliphatic hydroxyl groups excluding tert-OH is 2. The Morgan fingerprint density at radius 2 is 1.61 bits per heavy atom. The molecule has 8 N–H and O–H groups in total. The van der Waals surface area contributed by atoms with E-state index in [1.807, 2.05) is 0 Å². The topological polar surface area (TPSA) is 309 Å². The van der Waals surface area contributed by atoms with Crippen LogP contribution in [0, 0.1) is 0 Å². The number of fused-ring (bicyclic) bond motifs is 3. The van der Waals surface area contributed by atoms with E-state index in [0.29, 0.717) is 5.57 Å². The molecule has 1 amide bonds. The van der Waals surface area contributed by atoms with Gasteiger partial charge in [-0.15, -0.1) is 0 Å². The number of rotatable bonds is 9. The zero-order valence-corrected chi connectivity index (χ0v) is 35.8. The molecule has 3 aliphatic carbocycles. The molecule has 10 unspecified atom stereocenters. The number of phenols is 2. The van der Waals surface area contributed by atoms with E-state index in [-0.39, 0.29) is 51.3 Å². The minimum Gasteiger partial charge on any atom is -0.507 e. The third-order valence-electron chi connectivity index (χ3n) is 12.7. The lowest BCUT2D eigenvalue weighted by molar-refractivity contribution is -0.210. The summed E-state index contributed by atoms with van der Waals surface area (Å²) in [6.45, 7) is 4.23. The molecule has 10 atom stereocenters. The van der Waals surface area contributed by atoms with Crippen molar-refractivity contribution >= 4 is 57.7 Å². The van der Waals surface area contributed by atoms with Crippen molar-refractivity contribution in [1.82, 2.24) is 0 Å². The third-order valence-corrected chi connectivity index (χ3v) is 13.0. The first-order chi connectivity index (χ1) is 31.1. The van der Waals surface area contributed by atoms with Crippen molar-refractivity contribution in [2.75, 3.05) is 5.32 Å². The maximum absolute atomic E-state index is 14.4. The number of anilines is 1. The zero-order chi connectivity index (χ0) is 47.8. The molecular formula is C46H42ClNO18. The van der Waals surface area contributed by atoms with Crippen LogP contribution in [0.2, 0.25) is 5.02 Å². The van der Waals surface area contributed by atoms with Crippen LogP contribution in [0.4, 0.5) is 5.69 Å². The summed E-state index contributed by atoms with van der Waals surface area (Å²) in [6.07, 6.45) is 2.51. The van der Waals surface area contributed by atoms with Gasteiger partial charge in [0.2, 0.25) is 17.3 Å². The Morgan fingerprint density at radius 1 is 0.924 bits per heavy atom. The number of allylic oxidation sites excluding steroid dienone is 6. The third kappa shape index (κ3) is 6.88. The number of carbonyl (C=O) groups is 5. The van der Waals surface area contributed by atoms with Crippen molar-refractivity contribution in [3.63, 3.8) is 0 Å². The number of Topliss-reactive ketones (excluding diaryl/α,β-unsaturated/α-hetero) is 1. The van der Waals surface area contributed by atoms with E-state index >= 15 is 0 Å². The van der Waals surface area contributed by atoms with Crippen LogP contribution in [-0.2, 0) is 38.1 Å². The molecule has 66 heavy (non-hydrogen) atoms. The van der Waals surface area contributed by atoms with Crippen LogP contribution < -0.4 is 10.9 Å². The second-order valence-electron chi connectivity index (χ2n) is 16.7. The molecule has 19 nitrogen and oxygen atoms in total. The summed E-state index contributed by atoms with van der Waals surface area (Å²) < 4.78 is 28.2. The molecule has 2 saturated heterocycles. The van der Waals surface area contributed by atoms with Crippen LogP contribution in [-0.4, -0.2) is 112 Å². The van der Waals surface area contributed by atoms with Gasteiger partial charge in [-0.3, -0.25) is 19.2 Å². The van der Waals surface area contributed by atoms with E-state index in [2.05, 4.69) is 5.32 Å². The van der Waals surface area contributed by atoms with Crippen molar-refractivity contribution in [3.8, 4) is 17.2 Å². The van der Waals surface area contributed by atoms with Gasteiger partial charge in [-0.05, 0) is 32.1 Å². The second kappa shape index (κ2) is 16.5. The Kier molecular flexibility index (Phi) is 11.5. The van der Waals surface area contributed by atoms with Crippen molar-refractivity contribution in [1.29, 1.82) is 0 Å². The minimum atomic E-state index is -2.88. The fourth-order valence-corrected chi connectivity index (χ4v) is 9.99. The summed E-state index contributed by atoms with van der Waals surface area (Å²) in [5.41, 5.74) is -12.3. The second-order valence-corrected chi connectivity index (χ2v) is 17.1. The first kappa shape index (κ1) is 46.1. The van der Waals surface area contributed by atoms with Gasteiger partial charge >= 0.3 is 17.6 Å². The van der Waals surface area contributed by atoms with Gasteiger partial charge in [-0.1, -0.05) is 65.8 Å². The molecule has 3 heterocycles. The smallest absolute Gasteiger partial charge is 0.364 e. The molecule has 20 heteroatoms. The molecule has 0 spiro atoms. The fourth-order valence-electron chi connectivity index (χ4n) is 9.78. The molecule has 3 fully saturated rings. The maximum Gasteiger partial charge on any atom is 0.364 e. The summed E-state index contributed by atoms with van der Waals surface area (Å²) in [5.74, 6) is -6.08. The number of nitrogens with one attached hydrogen (secondary N) is 1. The highest BCUT2D eigenvalue weighted by Gasteiger charge is 2.96. The molecular weight excluding hydrogens is 890 g/mol. The van der Waals surface area contributed by atoms with Gasteiger partial charge in [0.15, 0.2) is 40.1 Å². The van der Waals surface area contributed by atoms with Crippen LogP contribution in [0.1, 0.15) is 73.7 Å². The van der Waals surface area contributed by atoms with E-state index in [4.69, 9.17) is 35.0 Å². The summed E-state index contributed by atoms with van der Waals surface area (Å²) in [6, 6.07) is 4.95. The van der Waals surface area contributed by atoms with Gasteiger partial charge in [0.25, 0.3) is 0 Å². The number of aliphatic hydroxyl groups is 4. The van der Waals surface area contributed by atoms with E-state index in [1.165, 1.54) is 67.6 Å². The van der Waals surface area contributed by atoms with Gasteiger partial charge < -0.3 is 64.4 Å². The summed E-state index contributed by atoms with van der Waals surface area (Å²) >= 11 is 5.94. The minimum absolute atomic E-state index is 0.00805. The lowest BCUT2D eigenvalue weighted by atomic mass is 9.50. The lowest BCUT2D eigenvalue weighted by Crippen LogP contribution is -2.78. The number of halogens is 1. The molecule has 2 aromatic carbocycles. The van der Waals surface area contributed by atoms with Crippen molar-refractivity contribution in [3.05, 3.63) is 117 Å². The Bertz CT molecular complexity index is 2840. The van der Waals surface area contributed by atoms with E-state index < -0.39 is 118 Å². The first-order valence-electron chi connectivity index (χ1n) is 20.5. The molecule has 346 valence electrons. The number of aromatic hydroxyl groups is 3. The normalized spacial score (nSPS) is 32.5. The molecule has 0 radical (unpaired) electrons. The van der Waals surface area contributed by atoms with E-state index in [9.17, 15) is 64.5 Å². The highest BCUT2D eigenvalue weighted by atomic mass is 35.5. The number of carbonyl (C=O) groups excluding carboxylic acids is 5. The fraction of sp³-hybridized carbons (Fsp3) is 0.348. The van der Waals surface area contributed by atoms with Crippen molar-refractivity contribution < 1.29 is 83.1 Å². The molecule has 1 saturated carbocycles. The number of phenolic OH excluding ortho intramolecular Hbond substituents is 2. The van der Waals surface area contributed by atoms with Crippen LogP contribution in [0.15, 0.2) is 93.7 Å². The number of amides is 1. The predicted octanol–water partition coefficient (Wildman–Crippen LogP) is 3.00. The number of esters is 2. The van der Waals surface area contributed by atoms with Crippen LogP contribution in [0.25, 0.3) is 11.0 Å². The van der Waals surface area contributed by atoms with Crippen LogP contribution in [0.3, 0.4) is 0 Å². The predicted molar refractivity (Wildman–Crippen MR) is 227 cm³/mol. The standard InChI is InChI=1S/C46H42ClNO18/c1-20-16-29(51)45(61)43(60,18-20)19-30(52)44-41(58)33-24(40(57)46(44,45)66-44)13-12-23(36(33)55)27-17-28(38(21(2)62-27)63-22(3)49)64-32(54)11-9-7-5-4-6-8-10-31(53)48-35-37(56)25-14-15-26(50)34(47)39(25)65-42(35)59/h4-16,21,27-28,30,38,41,50,52,55-56,58,60-61H,17-19H2,1-3H3,(H,48,53)/b6-4+,7-5+,10-8+,11-9+. The molecule has 5 aliphatic rings. The number of ether oxygens (including phenoxy) is 4. The average molecular weight is 932 g/mol. The summed E-state index contributed by atoms with van der Waals surface area (Å²) in [5, 5.41) is 80.8. The molecule has 3 aromatic rings. The summed E-state index contributed by atoms with van der Waals surface area (Å²) in [4.78, 5) is 77.7. The maximum atomic E-state index is 14.4. The van der Waals surface area contributed by atoms with Crippen molar-refractivity contribution in [2.24, 2.45) is 0 Å². The van der Waals surface area contributed by atoms with Gasteiger partial charge in [0, 0.05) is 55.0 Å². The number of ketones is 2. The highest BCUT2D eigenvalue weighted by Crippen LogP contribution is 2.74. The monoisotopic (exact) mass is 931 g/mol. The summed E-state index contributed by atoms with van der Waals surface area (Å²) in [7, 11) is 0. The van der Waals surface area contributed by atoms with E-state index in [1.54, 1.807) is 6.92 Å². The Hall–Kier alpha value is -6.45. The number of hydrogen-bond donors (Lipinski definition) is 8. The Balaban J connectivity index is 0.943. The van der Waals surface area contributed by atoms with Gasteiger partial charge in [0.05, 0.1) is 23.7 Å². The molecule has 8 rings (SSSR count). The van der Waals surface area contributed by atoms with Crippen molar-refractivity contribution in [2.45, 2.75) is 99.1 Å². The quantitative estimate of drug-likeness (QED) is 0.0503. The highest BCUT2D eigenvalue weighted by molar-refractivity contribution is 6.36. The lowest BCUT2D eigenvalue weighted by Gasteiger charge is -2.54. The van der Waals surface area contributed by atoms with Gasteiger partial charge in [0.1, 0.15) is 34.3 Å². The SMILES string of the molecule is CC(=O)OC1C(C)OC(c2ccc3c(c2O)C(O)C24OC2(C3=O)C2(O)C(=O)C=C(C)CC2(O)CC4O)CC1OC(=O)/C=C/C=C/C=C/C=C/C(=O)Nc1c(O)c2ccc(O)c(Cl)c2oc1=O. The van der Waals surface area contributed by atoms with Crippen LogP contribution in [0.5, 0.6) is 17.2 Å². The van der Waals surface area contributed by atoms with Crippen LogP contribution >= 0.6 is 11.6 Å². The largest absolute Gasteiger partial charge is 0.507 e. The molecule has 2 aliphatic heterocycles. The Labute approximate surface area is 378 Å². The number of benzene rings is 2. The first-order valence-corrected chi connectivity index (χ1v) is 20.8. The zero-order valence-electron chi connectivity index (χ0n) is 35.1. The van der Waals surface area contributed by atoms with Gasteiger partial charge in [-0.25, -0.2) is 9.59 Å². The number of hydrogen-bond acceptors (Lipinski definition) is 18. The Morgan fingerprint density at radius 3 is 2.30 bits per heavy atom.